The smallest absolute Gasteiger partial charge is 0.134 e. The molecule has 4 heterocycles. The third kappa shape index (κ3) is 5.32. The largest absolute Gasteiger partial charge is 0.368 e. The SMILES string of the molecule is Fc1ccc(N2CCN(c3cc(CNc4cc(N5CCCCC5)ncn4)ccn3)CC2)cc1. The Morgan fingerprint density at radius 2 is 1.42 bits per heavy atom. The van der Waals surface area contributed by atoms with Crippen LogP contribution in [0, 0.1) is 5.82 Å². The van der Waals surface area contributed by atoms with Gasteiger partial charge in [0.15, 0.2) is 0 Å². The zero-order chi connectivity index (χ0) is 22.5. The number of aromatic nitrogens is 3. The minimum Gasteiger partial charge on any atom is -0.368 e. The maximum atomic E-state index is 13.2. The van der Waals surface area contributed by atoms with E-state index in [0.717, 1.165) is 62.4 Å². The number of rotatable bonds is 6. The van der Waals surface area contributed by atoms with Crippen LogP contribution in [-0.4, -0.2) is 54.2 Å². The van der Waals surface area contributed by atoms with Crippen LogP contribution in [0.25, 0.3) is 0 Å². The first kappa shape index (κ1) is 21.4. The fourth-order valence-electron chi connectivity index (χ4n) is 4.52. The summed E-state index contributed by atoms with van der Waals surface area (Å²) < 4.78 is 13.2. The molecule has 2 saturated heterocycles. The molecule has 33 heavy (non-hydrogen) atoms. The van der Waals surface area contributed by atoms with Gasteiger partial charge in [-0.15, -0.1) is 0 Å². The van der Waals surface area contributed by atoms with Gasteiger partial charge in [-0.25, -0.2) is 19.3 Å². The minimum atomic E-state index is -0.198. The molecular formula is C25H30FN7. The van der Waals surface area contributed by atoms with Gasteiger partial charge < -0.3 is 20.0 Å². The molecule has 2 aliphatic rings. The third-order valence-electron chi connectivity index (χ3n) is 6.41. The molecule has 2 aliphatic heterocycles. The van der Waals surface area contributed by atoms with E-state index in [1.807, 2.05) is 30.5 Å². The predicted octanol–water partition coefficient (Wildman–Crippen LogP) is 3.94. The fraction of sp³-hybridized carbons (Fsp3) is 0.400. The van der Waals surface area contributed by atoms with Crippen LogP contribution in [0.5, 0.6) is 0 Å². The molecule has 0 unspecified atom stereocenters. The van der Waals surface area contributed by atoms with Crippen molar-refractivity contribution < 1.29 is 4.39 Å². The van der Waals surface area contributed by atoms with E-state index in [9.17, 15) is 4.39 Å². The average molecular weight is 448 g/mol. The highest BCUT2D eigenvalue weighted by atomic mass is 19.1. The molecular weight excluding hydrogens is 417 g/mol. The molecule has 7 nitrogen and oxygen atoms in total. The number of hydrogen-bond acceptors (Lipinski definition) is 7. The van der Waals surface area contributed by atoms with Crippen LogP contribution in [0.15, 0.2) is 55.0 Å². The summed E-state index contributed by atoms with van der Waals surface area (Å²) in [6, 6.07) is 13.0. The standard InChI is InChI=1S/C25H30FN7/c26-21-4-6-22(7-5-21)31-12-14-33(15-13-31)24-16-20(8-9-27-24)18-28-23-17-25(30-19-29-23)32-10-2-1-3-11-32/h4-9,16-17,19H,1-3,10-15,18H2,(H,28,29,30). The molecule has 5 rings (SSSR count). The topological polar surface area (TPSA) is 60.4 Å². The van der Waals surface area contributed by atoms with Gasteiger partial charge in [-0.05, 0) is 61.2 Å². The summed E-state index contributed by atoms with van der Waals surface area (Å²) in [7, 11) is 0. The van der Waals surface area contributed by atoms with Crippen molar-refractivity contribution in [2.45, 2.75) is 25.8 Å². The van der Waals surface area contributed by atoms with Crippen LogP contribution in [0.2, 0.25) is 0 Å². The summed E-state index contributed by atoms with van der Waals surface area (Å²) in [6.07, 6.45) is 7.27. The number of nitrogens with one attached hydrogen (secondary N) is 1. The lowest BCUT2D eigenvalue weighted by molar-refractivity contribution is 0.573. The summed E-state index contributed by atoms with van der Waals surface area (Å²) in [6.45, 7) is 6.35. The summed E-state index contributed by atoms with van der Waals surface area (Å²) in [5.74, 6) is 2.64. The number of nitrogens with zero attached hydrogens (tertiary/aromatic N) is 6. The Hall–Kier alpha value is -3.42. The van der Waals surface area contributed by atoms with Gasteiger partial charge in [-0.2, -0.15) is 0 Å². The van der Waals surface area contributed by atoms with Gasteiger partial charge in [0.2, 0.25) is 0 Å². The van der Waals surface area contributed by atoms with Crippen LogP contribution in [0.1, 0.15) is 24.8 Å². The lowest BCUT2D eigenvalue weighted by Crippen LogP contribution is -2.46. The second-order valence-corrected chi connectivity index (χ2v) is 8.64. The van der Waals surface area contributed by atoms with Crippen molar-refractivity contribution in [3.05, 3.63) is 66.4 Å². The summed E-state index contributed by atoms with van der Waals surface area (Å²) >= 11 is 0. The molecule has 0 atom stereocenters. The fourth-order valence-corrected chi connectivity index (χ4v) is 4.52. The van der Waals surface area contributed by atoms with E-state index >= 15 is 0 Å². The van der Waals surface area contributed by atoms with Crippen LogP contribution in [0.3, 0.4) is 0 Å². The monoisotopic (exact) mass is 447 g/mol. The van der Waals surface area contributed by atoms with Gasteiger partial charge in [0.25, 0.3) is 0 Å². The quantitative estimate of drug-likeness (QED) is 0.614. The number of pyridine rings is 1. The van der Waals surface area contributed by atoms with Crippen LogP contribution < -0.4 is 20.0 Å². The van der Waals surface area contributed by atoms with E-state index in [0.29, 0.717) is 6.54 Å². The lowest BCUT2D eigenvalue weighted by Gasteiger charge is -2.36. The third-order valence-corrected chi connectivity index (χ3v) is 6.41. The lowest BCUT2D eigenvalue weighted by atomic mass is 10.1. The maximum absolute atomic E-state index is 13.2. The Balaban J connectivity index is 1.18. The molecule has 0 bridgehead atoms. The predicted molar refractivity (Wildman–Crippen MR) is 130 cm³/mol. The average Bonchev–Trinajstić information content (AvgIpc) is 2.89. The first-order valence-electron chi connectivity index (χ1n) is 11.8. The molecule has 0 amide bonds. The second-order valence-electron chi connectivity index (χ2n) is 8.64. The van der Waals surface area contributed by atoms with Gasteiger partial charge in [-0.1, -0.05) is 0 Å². The molecule has 1 aromatic carbocycles. The van der Waals surface area contributed by atoms with Gasteiger partial charge in [0, 0.05) is 63.8 Å². The Morgan fingerprint density at radius 1 is 0.727 bits per heavy atom. The van der Waals surface area contributed by atoms with E-state index in [-0.39, 0.29) is 5.82 Å². The molecule has 2 aromatic heterocycles. The van der Waals surface area contributed by atoms with Crippen molar-refractivity contribution in [3.8, 4) is 0 Å². The van der Waals surface area contributed by atoms with Crippen molar-refractivity contribution in [1.82, 2.24) is 15.0 Å². The number of anilines is 4. The molecule has 8 heteroatoms. The number of benzene rings is 1. The molecule has 2 fully saturated rings. The van der Waals surface area contributed by atoms with Crippen LogP contribution >= 0.6 is 0 Å². The Bertz CT molecular complexity index is 1040. The van der Waals surface area contributed by atoms with Crippen molar-refractivity contribution in [3.63, 3.8) is 0 Å². The summed E-state index contributed by atoms with van der Waals surface area (Å²) in [4.78, 5) is 20.4. The number of halogens is 1. The number of piperazine rings is 1. The van der Waals surface area contributed by atoms with E-state index in [1.54, 1.807) is 6.33 Å². The van der Waals surface area contributed by atoms with E-state index in [2.05, 4.69) is 41.0 Å². The van der Waals surface area contributed by atoms with Crippen molar-refractivity contribution in [2.75, 3.05) is 59.3 Å². The Kier molecular flexibility index (Phi) is 6.51. The molecule has 0 spiro atoms. The Labute approximate surface area is 194 Å². The first-order chi connectivity index (χ1) is 16.2. The first-order valence-corrected chi connectivity index (χ1v) is 11.8. The highest BCUT2D eigenvalue weighted by Gasteiger charge is 2.19. The molecule has 0 saturated carbocycles. The zero-order valence-corrected chi connectivity index (χ0v) is 18.8. The highest BCUT2D eigenvalue weighted by molar-refractivity contribution is 5.51. The van der Waals surface area contributed by atoms with Gasteiger partial charge in [-0.3, -0.25) is 0 Å². The zero-order valence-electron chi connectivity index (χ0n) is 18.8. The van der Waals surface area contributed by atoms with Gasteiger partial charge >= 0.3 is 0 Å². The van der Waals surface area contributed by atoms with Crippen LogP contribution in [0.4, 0.5) is 27.5 Å². The molecule has 3 aromatic rings. The second kappa shape index (κ2) is 10.0. The van der Waals surface area contributed by atoms with E-state index in [1.165, 1.54) is 37.0 Å². The normalized spacial score (nSPS) is 16.7. The number of hydrogen-bond donors (Lipinski definition) is 1. The minimum absolute atomic E-state index is 0.198. The molecule has 172 valence electrons. The van der Waals surface area contributed by atoms with E-state index < -0.39 is 0 Å². The van der Waals surface area contributed by atoms with Gasteiger partial charge in [0.05, 0.1) is 0 Å². The van der Waals surface area contributed by atoms with Gasteiger partial charge in [0.1, 0.15) is 29.6 Å². The van der Waals surface area contributed by atoms with Crippen molar-refractivity contribution in [2.24, 2.45) is 0 Å². The highest BCUT2D eigenvalue weighted by Crippen LogP contribution is 2.22. The molecule has 1 N–H and O–H groups in total. The summed E-state index contributed by atoms with van der Waals surface area (Å²) in [5, 5.41) is 3.44. The maximum Gasteiger partial charge on any atom is 0.134 e. The summed E-state index contributed by atoms with van der Waals surface area (Å²) in [5.41, 5.74) is 2.23. The van der Waals surface area contributed by atoms with Crippen molar-refractivity contribution >= 4 is 23.1 Å². The van der Waals surface area contributed by atoms with Crippen molar-refractivity contribution in [1.29, 1.82) is 0 Å². The number of piperidine rings is 1. The van der Waals surface area contributed by atoms with E-state index in [4.69, 9.17) is 0 Å². The molecule has 0 radical (unpaired) electrons. The molecule has 0 aliphatic carbocycles. The Morgan fingerprint density at radius 3 is 2.21 bits per heavy atom. The van der Waals surface area contributed by atoms with Crippen LogP contribution in [-0.2, 0) is 6.54 Å².